The standard InChI is InChI=1S/C8H10N4/c1-9-4-7-5-10-8-2-3-11-12(8)6-7/h2-3,5-6,9H,4H2,1H3. The lowest BCUT2D eigenvalue weighted by Crippen LogP contribution is -2.06. The Balaban J connectivity index is 2.46. The highest BCUT2D eigenvalue weighted by molar-refractivity contribution is 5.35. The molecule has 0 fully saturated rings. The van der Waals surface area contributed by atoms with Crippen LogP contribution in [0.3, 0.4) is 0 Å². The first-order valence-electron chi connectivity index (χ1n) is 3.83. The van der Waals surface area contributed by atoms with Gasteiger partial charge in [0.1, 0.15) is 0 Å². The Kier molecular flexibility index (Phi) is 1.75. The minimum absolute atomic E-state index is 0.822. The first kappa shape index (κ1) is 7.24. The van der Waals surface area contributed by atoms with Crippen LogP contribution in [0.1, 0.15) is 5.56 Å². The SMILES string of the molecule is CNCc1cnc2ccnn2c1. The first-order valence-corrected chi connectivity index (χ1v) is 3.83. The molecule has 0 saturated carbocycles. The number of aromatic nitrogens is 3. The number of nitrogens with one attached hydrogen (secondary N) is 1. The molecular formula is C8H10N4. The average molecular weight is 162 g/mol. The largest absolute Gasteiger partial charge is 0.316 e. The summed E-state index contributed by atoms with van der Waals surface area (Å²) in [6.07, 6.45) is 5.57. The van der Waals surface area contributed by atoms with Crippen molar-refractivity contribution in [2.24, 2.45) is 0 Å². The summed E-state index contributed by atoms with van der Waals surface area (Å²) in [5.74, 6) is 0. The van der Waals surface area contributed by atoms with E-state index in [1.807, 2.05) is 25.5 Å². The molecule has 12 heavy (non-hydrogen) atoms. The molecule has 0 saturated heterocycles. The van der Waals surface area contributed by atoms with Gasteiger partial charge in [0.05, 0.1) is 6.20 Å². The van der Waals surface area contributed by atoms with Gasteiger partial charge in [0.15, 0.2) is 5.65 Å². The number of nitrogens with zero attached hydrogens (tertiary/aromatic N) is 3. The molecule has 2 aromatic rings. The van der Waals surface area contributed by atoms with E-state index in [0.717, 1.165) is 17.8 Å². The van der Waals surface area contributed by atoms with Crippen molar-refractivity contribution in [2.75, 3.05) is 7.05 Å². The number of rotatable bonds is 2. The Bertz CT molecular complexity index is 379. The van der Waals surface area contributed by atoms with Crippen LogP contribution in [-0.2, 0) is 6.54 Å². The lowest BCUT2D eigenvalue weighted by Gasteiger charge is -1.98. The van der Waals surface area contributed by atoms with Crippen molar-refractivity contribution in [3.8, 4) is 0 Å². The normalized spacial score (nSPS) is 10.8. The Labute approximate surface area is 70.2 Å². The van der Waals surface area contributed by atoms with Crippen LogP contribution in [0.5, 0.6) is 0 Å². The summed E-state index contributed by atoms with van der Waals surface area (Å²) in [7, 11) is 1.91. The molecule has 0 radical (unpaired) electrons. The molecule has 0 amide bonds. The third-order valence-corrected chi connectivity index (χ3v) is 1.68. The van der Waals surface area contributed by atoms with Crippen molar-refractivity contribution in [3.05, 3.63) is 30.2 Å². The number of hydrogen-bond acceptors (Lipinski definition) is 3. The summed E-state index contributed by atoms with van der Waals surface area (Å²) >= 11 is 0. The fourth-order valence-corrected chi connectivity index (χ4v) is 1.14. The molecule has 0 aliphatic heterocycles. The van der Waals surface area contributed by atoms with Gasteiger partial charge in [-0.3, -0.25) is 0 Å². The predicted molar refractivity (Wildman–Crippen MR) is 45.8 cm³/mol. The zero-order valence-corrected chi connectivity index (χ0v) is 6.86. The van der Waals surface area contributed by atoms with Gasteiger partial charge in [0, 0.05) is 30.6 Å². The van der Waals surface area contributed by atoms with Crippen molar-refractivity contribution in [3.63, 3.8) is 0 Å². The minimum Gasteiger partial charge on any atom is -0.316 e. The molecule has 4 heteroatoms. The van der Waals surface area contributed by atoms with Crippen molar-refractivity contribution in [1.29, 1.82) is 0 Å². The molecule has 0 unspecified atom stereocenters. The maximum atomic E-state index is 4.22. The molecule has 2 aromatic heterocycles. The highest BCUT2D eigenvalue weighted by atomic mass is 15.2. The summed E-state index contributed by atoms with van der Waals surface area (Å²) in [5.41, 5.74) is 2.02. The zero-order valence-electron chi connectivity index (χ0n) is 6.86. The van der Waals surface area contributed by atoms with Gasteiger partial charge < -0.3 is 5.32 Å². The Morgan fingerprint density at radius 1 is 1.58 bits per heavy atom. The maximum Gasteiger partial charge on any atom is 0.154 e. The molecule has 2 heterocycles. The van der Waals surface area contributed by atoms with Gasteiger partial charge in [-0.2, -0.15) is 5.10 Å². The average Bonchev–Trinajstić information content (AvgIpc) is 2.51. The summed E-state index contributed by atoms with van der Waals surface area (Å²) in [6.45, 7) is 0.822. The van der Waals surface area contributed by atoms with Crippen molar-refractivity contribution < 1.29 is 0 Å². The molecule has 1 N–H and O–H groups in total. The predicted octanol–water partition coefficient (Wildman–Crippen LogP) is 0.449. The van der Waals surface area contributed by atoms with Crippen LogP contribution in [0.25, 0.3) is 5.65 Å². The number of fused-ring (bicyclic) bond motifs is 1. The van der Waals surface area contributed by atoms with E-state index in [1.54, 1.807) is 10.7 Å². The van der Waals surface area contributed by atoms with Crippen LogP contribution in [0.4, 0.5) is 0 Å². The van der Waals surface area contributed by atoms with Gasteiger partial charge in [0.25, 0.3) is 0 Å². The van der Waals surface area contributed by atoms with Crippen molar-refractivity contribution >= 4 is 5.65 Å². The van der Waals surface area contributed by atoms with E-state index in [0.29, 0.717) is 0 Å². The molecule has 4 nitrogen and oxygen atoms in total. The van der Waals surface area contributed by atoms with E-state index < -0.39 is 0 Å². The third kappa shape index (κ3) is 1.16. The summed E-state index contributed by atoms with van der Waals surface area (Å²) in [6, 6.07) is 1.88. The van der Waals surface area contributed by atoms with E-state index in [-0.39, 0.29) is 0 Å². The Morgan fingerprint density at radius 2 is 2.50 bits per heavy atom. The van der Waals surface area contributed by atoms with Crippen LogP contribution in [0.2, 0.25) is 0 Å². The highest BCUT2D eigenvalue weighted by Gasteiger charge is 1.95. The van der Waals surface area contributed by atoms with Gasteiger partial charge >= 0.3 is 0 Å². The topological polar surface area (TPSA) is 42.2 Å². The summed E-state index contributed by atoms with van der Waals surface area (Å²) in [5, 5.41) is 7.15. The van der Waals surface area contributed by atoms with Gasteiger partial charge in [-0.15, -0.1) is 0 Å². The van der Waals surface area contributed by atoms with Crippen LogP contribution in [0, 0.1) is 0 Å². The second kappa shape index (κ2) is 2.91. The van der Waals surface area contributed by atoms with E-state index in [1.165, 1.54) is 0 Å². The quantitative estimate of drug-likeness (QED) is 0.697. The lowest BCUT2D eigenvalue weighted by molar-refractivity contribution is 0.794. The zero-order chi connectivity index (χ0) is 8.39. The van der Waals surface area contributed by atoms with Gasteiger partial charge in [-0.1, -0.05) is 0 Å². The van der Waals surface area contributed by atoms with Gasteiger partial charge in [-0.05, 0) is 7.05 Å². The minimum atomic E-state index is 0.822. The second-order valence-corrected chi connectivity index (χ2v) is 2.63. The monoisotopic (exact) mass is 162 g/mol. The molecule has 2 rings (SSSR count). The highest BCUT2D eigenvalue weighted by Crippen LogP contribution is 2.00. The van der Waals surface area contributed by atoms with E-state index in [2.05, 4.69) is 15.4 Å². The van der Waals surface area contributed by atoms with Gasteiger partial charge in [-0.25, -0.2) is 9.50 Å². The fourth-order valence-electron chi connectivity index (χ4n) is 1.14. The Hall–Kier alpha value is -1.42. The van der Waals surface area contributed by atoms with Crippen LogP contribution in [0.15, 0.2) is 24.7 Å². The van der Waals surface area contributed by atoms with Crippen molar-refractivity contribution in [2.45, 2.75) is 6.54 Å². The molecule has 0 bridgehead atoms. The van der Waals surface area contributed by atoms with Crippen LogP contribution >= 0.6 is 0 Å². The smallest absolute Gasteiger partial charge is 0.154 e. The van der Waals surface area contributed by atoms with Crippen molar-refractivity contribution in [1.82, 2.24) is 19.9 Å². The molecule has 0 aromatic carbocycles. The van der Waals surface area contributed by atoms with E-state index >= 15 is 0 Å². The summed E-state index contributed by atoms with van der Waals surface area (Å²) < 4.78 is 1.77. The van der Waals surface area contributed by atoms with E-state index in [4.69, 9.17) is 0 Å². The lowest BCUT2D eigenvalue weighted by atomic mass is 10.3. The molecule has 0 aliphatic rings. The van der Waals surface area contributed by atoms with E-state index in [9.17, 15) is 0 Å². The molecule has 0 spiro atoms. The fraction of sp³-hybridized carbons (Fsp3) is 0.250. The number of hydrogen-bond donors (Lipinski definition) is 1. The van der Waals surface area contributed by atoms with Crippen LogP contribution < -0.4 is 5.32 Å². The third-order valence-electron chi connectivity index (χ3n) is 1.68. The van der Waals surface area contributed by atoms with Gasteiger partial charge in [0.2, 0.25) is 0 Å². The molecule has 0 atom stereocenters. The summed E-state index contributed by atoms with van der Waals surface area (Å²) in [4.78, 5) is 4.22. The molecule has 62 valence electrons. The molecule has 0 aliphatic carbocycles. The maximum absolute atomic E-state index is 4.22. The molecular weight excluding hydrogens is 152 g/mol. The van der Waals surface area contributed by atoms with Crippen LogP contribution in [-0.4, -0.2) is 21.6 Å². The Morgan fingerprint density at radius 3 is 3.33 bits per heavy atom. The first-order chi connectivity index (χ1) is 5.90. The second-order valence-electron chi connectivity index (χ2n) is 2.63.